The third-order valence-electron chi connectivity index (χ3n) is 6.86. The maximum Gasteiger partial charge on any atom is 0.231 e. The molecule has 36 heavy (non-hydrogen) atoms. The van der Waals surface area contributed by atoms with E-state index in [0.29, 0.717) is 22.9 Å². The number of hydrogen-bond donors (Lipinski definition) is 1. The lowest BCUT2D eigenvalue weighted by molar-refractivity contribution is 0.475. The van der Waals surface area contributed by atoms with E-state index in [1.807, 2.05) is 62.4 Å². The first-order valence-corrected chi connectivity index (χ1v) is 12.0. The molecule has 3 aromatic heterocycles. The fourth-order valence-electron chi connectivity index (χ4n) is 5.08. The Kier molecular flexibility index (Phi) is 4.30. The van der Waals surface area contributed by atoms with Crippen molar-refractivity contribution < 1.29 is 13.9 Å². The molecule has 0 spiro atoms. The van der Waals surface area contributed by atoms with Crippen molar-refractivity contribution in [2.24, 2.45) is 0 Å². The Morgan fingerprint density at radius 2 is 1.36 bits per heavy atom. The van der Waals surface area contributed by atoms with Crippen LogP contribution in [0.3, 0.4) is 0 Å². The molecule has 0 saturated carbocycles. The first-order valence-electron chi connectivity index (χ1n) is 12.0. The Morgan fingerprint density at radius 1 is 0.722 bits per heavy atom. The van der Waals surface area contributed by atoms with Gasteiger partial charge in [-0.3, -0.25) is 0 Å². The van der Waals surface area contributed by atoms with Crippen molar-refractivity contribution >= 4 is 44.0 Å². The van der Waals surface area contributed by atoms with Crippen LogP contribution < -0.4 is 0 Å². The van der Waals surface area contributed by atoms with Crippen LogP contribution in [0.25, 0.3) is 66.9 Å². The summed E-state index contributed by atoms with van der Waals surface area (Å²) in [6.45, 7) is 6.93. The van der Waals surface area contributed by atoms with E-state index in [0.717, 1.165) is 61.7 Å². The summed E-state index contributed by atoms with van der Waals surface area (Å²) in [6, 6.07) is 21.9. The molecule has 1 N–H and O–H groups in total. The minimum Gasteiger partial charge on any atom is -0.507 e. The molecule has 0 atom stereocenters. The number of phenols is 1. The second-order valence-corrected chi connectivity index (χ2v) is 9.34. The van der Waals surface area contributed by atoms with Crippen LogP contribution in [0.5, 0.6) is 5.75 Å². The molecule has 176 valence electrons. The van der Waals surface area contributed by atoms with Gasteiger partial charge in [-0.25, -0.2) is 9.97 Å². The number of oxazole rings is 2. The van der Waals surface area contributed by atoms with Crippen LogP contribution in [-0.4, -0.2) is 19.6 Å². The molecule has 7 aromatic rings. The predicted molar refractivity (Wildman–Crippen MR) is 142 cm³/mol. The molecule has 0 saturated heterocycles. The van der Waals surface area contributed by atoms with Crippen LogP contribution >= 0.6 is 0 Å². The molecule has 0 amide bonds. The van der Waals surface area contributed by atoms with Crippen molar-refractivity contribution in [3.8, 4) is 28.7 Å². The monoisotopic (exact) mass is 473 g/mol. The highest BCUT2D eigenvalue weighted by molar-refractivity contribution is 6.10. The highest BCUT2D eigenvalue weighted by atomic mass is 16.4. The van der Waals surface area contributed by atoms with Gasteiger partial charge >= 0.3 is 0 Å². The van der Waals surface area contributed by atoms with Gasteiger partial charge in [-0.05, 0) is 80.4 Å². The molecule has 0 aliphatic heterocycles. The summed E-state index contributed by atoms with van der Waals surface area (Å²) >= 11 is 0. The smallest absolute Gasteiger partial charge is 0.231 e. The zero-order valence-corrected chi connectivity index (χ0v) is 20.2. The van der Waals surface area contributed by atoms with Gasteiger partial charge in [0.1, 0.15) is 16.8 Å². The number of phenolic OH excluding ortho intramolecular Hbond substituents is 1. The Labute approximate surface area is 206 Å². The van der Waals surface area contributed by atoms with Crippen LogP contribution in [0.1, 0.15) is 18.1 Å². The topological polar surface area (TPSA) is 77.2 Å². The minimum atomic E-state index is 0.138. The van der Waals surface area contributed by atoms with Crippen molar-refractivity contribution in [1.82, 2.24) is 14.5 Å². The molecule has 0 fully saturated rings. The molecule has 0 bridgehead atoms. The van der Waals surface area contributed by atoms with Gasteiger partial charge in [0.05, 0.1) is 11.1 Å². The van der Waals surface area contributed by atoms with Gasteiger partial charge in [0, 0.05) is 28.4 Å². The summed E-state index contributed by atoms with van der Waals surface area (Å²) in [4.78, 5) is 9.32. The first-order chi connectivity index (χ1) is 17.5. The molecule has 7 rings (SSSR count). The number of hydrogen-bond acceptors (Lipinski definition) is 5. The fraction of sp³-hybridized carbons (Fsp3) is 0.133. The van der Waals surface area contributed by atoms with E-state index in [1.165, 1.54) is 0 Å². The molecule has 0 aliphatic rings. The van der Waals surface area contributed by atoms with Crippen molar-refractivity contribution in [2.75, 3.05) is 0 Å². The Balaban J connectivity index is 1.42. The summed E-state index contributed by atoms with van der Waals surface area (Å²) in [6.07, 6.45) is 0. The molecule has 3 heterocycles. The summed E-state index contributed by atoms with van der Waals surface area (Å²) in [5, 5.41) is 13.0. The molecule has 6 heteroatoms. The molecule has 0 aliphatic carbocycles. The van der Waals surface area contributed by atoms with Gasteiger partial charge in [0.2, 0.25) is 11.8 Å². The number of aromatic hydroxyl groups is 1. The van der Waals surface area contributed by atoms with E-state index in [4.69, 9.17) is 13.8 Å². The van der Waals surface area contributed by atoms with Crippen LogP contribution in [0.15, 0.2) is 75.6 Å². The number of benzene rings is 4. The second kappa shape index (κ2) is 7.46. The van der Waals surface area contributed by atoms with Crippen molar-refractivity contribution in [1.29, 1.82) is 0 Å². The van der Waals surface area contributed by atoms with Gasteiger partial charge < -0.3 is 18.5 Å². The highest BCUT2D eigenvalue weighted by Crippen LogP contribution is 2.40. The van der Waals surface area contributed by atoms with Crippen LogP contribution in [0, 0.1) is 13.8 Å². The van der Waals surface area contributed by atoms with Crippen LogP contribution in [-0.2, 0) is 6.54 Å². The Morgan fingerprint density at radius 3 is 2.06 bits per heavy atom. The zero-order valence-electron chi connectivity index (χ0n) is 20.2. The molecule has 0 unspecified atom stereocenters. The zero-order chi connectivity index (χ0) is 24.6. The first kappa shape index (κ1) is 20.8. The summed E-state index contributed by atoms with van der Waals surface area (Å²) < 4.78 is 14.3. The third-order valence-corrected chi connectivity index (χ3v) is 6.86. The minimum absolute atomic E-state index is 0.138. The molecule has 6 nitrogen and oxygen atoms in total. The summed E-state index contributed by atoms with van der Waals surface area (Å²) in [5.74, 6) is 1.14. The quantitative estimate of drug-likeness (QED) is 0.284. The van der Waals surface area contributed by atoms with Gasteiger partial charge in [0.15, 0.2) is 11.2 Å². The number of rotatable bonds is 3. The molecular weight excluding hydrogens is 450 g/mol. The van der Waals surface area contributed by atoms with Gasteiger partial charge in [0.25, 0.3) is 0 Å². The van der Waals surface area contributed by atoms with Gasteiger partial charge in [-0.2, -0.15) is 0 Å². The van der Waals surface area contributed by atoms with E-state index in [-0.39, 0.29) is 5.75 Å². The number of aryl methyl sites for hydroxylation is 3. The van der Waals surface area contributed by atoms with E-state index in [1.54, 1.807) is 6.07 Å². The van der Waals surface area contributed by atoms with Gasteiger partial charge in [-0.1, -0.05) is 18.2 Å². The Bertz CT molecular complexity index is 1970. The maximum atomic E-state index is 11.0. The molecule has 4 aromatic carbocycles. The predicted octanol–water partition coefficient (Wildman–Crippen LogP) is 7.75. The standard InChI is InChI=1S/C30H23N3O3/c1-4-33-24-13-18(29-31-22-9-5-16(2)11-27(22)35-29)7-8-19(24)20-15-26(34)21(14-25(20)33)30-32-23-10-6-17(3)12-28(23)36-30/h5-15,34H,4H2,1-3H3. The van der Waals surface area contributed by atoms with E-state index >= 15 is 0 Å². The summed E-state index contributed by atoms with van der Waals surface area (Å²) in [7, 11) is 0. The number of nitrogens with zero attached hydrogens (tertiary/aromatic N) is 3. The molecule has 0 radical (unpaired) electrons. The third kappa shape index (κ3) is 3.04. The van der Waals surface area contributed by atoms with Gasteiger partial charge in [-0.15, -0.1) is 0 Å². The average molecular weight is 474 g/mol. The van der Waals surface area contributed by atoms with Crippen molar-refractivity contribution in [2.45, 2.75) is 27.3 Å². The second-order valence-electron chi connectivity index (χ2n) is 9.34. The number of aromatic nitrogens is 3. The van der Waals surface area contributed by atoms with E-state index < -0.39 is 0 Å². The highest BCUT2D eigenvalue weighted by Gasteiger charge is 2.19. The fourth-order valence-corrected chi connectivity index (χ4v) is 5.08. The van der Waals surface area contributed by atoms with Crippen molar-refractivity contribution in [3.63, 3.8) is 0 Å². The Hall–Kier alpha value is -4.58. The van der Waals surface area contributed by atoms with Crippen LogP contribution in [0.2, 0.25) is 0 Å². The molecular formula is C30H23N3O3. The maximum absolute atomic E-state index is 11.0. The average Bonchev–Trinajstić information content (AvgIpc) is 3.55. The SMILES string of the molecule is CCn1c2cc(-c3nc4ccc(C)cc4o3)ccc2c2cc(O)c(-c3nc4ccc(C)cc4o3)cc21. The lowest BCUT2D eigenvalue weighted by Gasteiger charge is -2.06. The van der Waals surface area contributed by atoms with Crippen LogP contribution in [0.4, 0.5) is 0 Å². The van der Waals surface area contributed by atoms with Crippen molar-refractivity contribution in [3.05, 3.63) is 77.9 Å². The summed E-state index contributed by atoms with van der Waals surface area (Å²) in [5.41, 5.74) is 8.87. The van der Waals surface area contributed by atoms with E-state index in [2.05, 4.69) is 28.6 Å². The normalized spacial score (nSPS) is 12.0. The number of fused-ring (bicyclic) bond motifs is 5. The van der Waals surface area contributed by atoms with E-state index in [9.17, 15) is 5.11 Å². The lowest BCUT2D eigenvalue weighted by atomic mass is 10.1. The largest absolute Gasteiger partial charge is 0.507 e. The lowest BCUT2D eigenvalue weighted by Crippen LogP contribution is -1.94.